The van der Waals surface area contributed by atoms with Crippen molar-refractivity contribution in [1.29, 1.82) is 0 Å². The van der Waals surface area contributed by atoms with Crippen LogP contribution in [0.1, 0.15) is 30.6 Å². The summed E-state index contributed by atoms with van der Waals surface area (Å²) in [5.41, 5.74) is 1.79. The molecule has 5 heteroatoms. The molecule has 2 heterocycles. The summed E-state index contributed by atoms with van der Waals surface area (Å²) in [4.78, 5) is 17.0. The van der Waals surface area contributed by atoms with E-state index in [4.69, 9.17) is 9.47 Å². The lowest BCUT2D eigenvalue weighted by atomic mass is 10.1. The molecular weight excluding hydrogens is 292 g/mol. The minimum Gasteiger partial charge on any atom is -0.456 e. The largest absolute Gasteiger partial charge is 0.456 e. The van der Waals surface area contributed by atoms with Gasteiger partial charge in [0.1, 0.15) is 6.10 Å². The second kappa shape index (κ2) is 7.32. The number of benzene rings is 1. The van der Waals surface area contributed by atoms with E-state index in [1.54, 1.807) is 0 Å². The molecule has 0 aromatic heterocycles. The zero-order valence-corrected chi connectivity index (χ0v) is 14.0. The molecule has 0 amide bonds. The Morgan fingerprint density at radius 2 is 1.87 bits per heavy atom. The molecule has 0 spiro atoms. The molecule has 5 nitrogen and oxygen atoms in total. The molecule has 1 aromatic carbocycles. The maximum Gasteiger partial charge on any atom is 0.338 e. The van der Waals surface area contributed by atoms with E-state index >= 15 is 0 Å². The van der Waals surface area contributed by atoms with Gasteiger partial charge in [-0.1, -0.05) is 0 Å². The maximum atomic E-state index is 12.1. The molecule has 2 saturated heterocycles. The number of esters is 1. The Hall–Kier alpha value is -1.59. The monoisotopic (exact) mass is 318 g/mol. The van der Waals surface area contributed by atoms with Gasteiger partial charge in [-0.05, 0) is 38.1 Å². The van der Waals surface area contributed by atoms with Crippen LogP contribution in [0.3, 0.4) is 0 Å². The van der Waals surface area contributed by atoms with Crippen molar-refractivity contribution in [3.63, 3.8) is 0 Å². The SMILES string of the molecule is CC(C)N1CCN(c2ccc(C(=O)O[C@H]3CCOC3)cc2)CC1. The van der Waals surface area contributed by atoms with Crippen LogP contribution < -0.4 is 4.90 Å². The summed E-state index contributed by atoms with van der Waals surface area (Å²) in [5, 5.41) is 0. The molecule has 23 heavy (non-hydrogen) atoms. The topological polar surface area (TPSA) is 42.0 Å². The summed E-state index contributed by atoms with van der Waals surface area (Å²) in [6, 6.07) is 8.37. The number of carbonyl (C=O) groups excluding carboxylic acids is 1. The Balaban J connectivity index is 1.55. The van der Waals surface area contributed by atoms with Crippen molar-refractivity contribution in [3.8, 4) is 0 Å². The van der Waals surface area contributed by atoms with Gasteiger partial charge in [-0.2, -0.15) is 0 Å². The van der Waals surface area contributed by atoms with E-state index in [2.05, 4.69) is 23.6 Å². The number of piperazine rings is 1. The molecular formula is C18H26N2O3. The predicted octanol–water partition coefficient (Wildman–Crippen LogP) is 2.16. The van der Waals surface area contributed by atoms with Gasteiger partial charge in [0.05, 0.1) is 18.8 Å². The fourth-order valence-electron chi connectivity index (χ4n) is 3.13. The molecule has 2 fully saturated rings. The van der Waals surface area contributed by atoms with Crippen LogP contribution in [-0.4, -0.2) is 62.4 Å². The Morgan fingerprint density at radius 1 is 1.17 bits per heavy atom. The van der Waals surface area contributed by atoms with Gasteiger partial charge in [-0.25, -0.2) is 4.79 Å². The molecule has 2 aliphatic heterocycles. The van der Waals surface area contributed by atoms with Crippen LogP contribution in [-0.2, 0) is 9.47 Å². The quantitative estimate of drug-likeness (QED) is 0.796. The summed E-state index contributed by atoms with van der Waals surface area (Å²) >= 11 is 0. The normalized spacial score (nSPS) is 22.6. The number of carbonyl (C=O) groups is 1. The minimum absolute atomic E-state index is 0.0914. The van der Waals surface area contributed by atoms with Gasteiger partial charge in [0.25, 0.3) is 0 Å². The van der Waals surface area contributed by atoms with E-state index < -0.39 is 0 Å². The summed E-state index contributed by atoms with van der Waals surface area (Å²) in [5.74, 6) is -0.253. The first-order chi connectivity index (χ1) is 11.1. The van der Waals surface area contributed by atoms with E-state index in [-0.39, 0.29) is 12.1 Å². The molecule has 2 aliphatic rings. The highest BCUT2D eigenvalue weighted by Crippen LogP contribution is 2.19. The van der Waals surface area contributed by atoms with Crippen LogP contribution in [0, 0.1) is 0 Å². The highest BCUT2D eigenvalue weighted by Gasteiger charge is 2.22. The zero-order chi connectivity index (χ0) is 16.2. The van der Waals surface area contributed by atoms with Crippen molar-refractivity contribution in [3.05, 3.63) is 29.8 Å². The van der Waals surface area contributed by atoms with E-state index in [1.165, 1.54) is 5.69 Å². The molecule has 1 aromatic rings. The van der Waals surface area contributed by atoms with Crippen molar-refractivity contribution >= 4 is 11.7 Å². The van der Waals surface area contributed by atoms with Crippen LogP contribution in [0.25, 0.3) is 0 Å². The van der Waals surface area contributed by atoms with Crippen molar-refractivity contribution in [2.24, 2.45) is 0 Å². The molecule has 0 unspecified atom stereocenters. The molecule has 1 atom stereocenters. The third-order valence-electron chi connectivity index (χ3n) is 4.67. The first-order valence-corrected chi connectivity index (χ1v) is 8.51. The number of hydrogen-bond acceptors (Lipinski definition) is 5. The van der Waals surface area contributed by atoms with Gasteiger partial charge in [-0.15, -0.1) is 0 Å². The van der Waals surface area contributed by atoms with Gasteiger partial charge in [0.15, 0.2) is 0 Å². The van der Waals surface area contributed by atoms with Gasteiger partial charge < -0.3 is 14.4 Å². The Kier molecular flexibility index (Phi) is 5.18. The maximum absolute atomic E-state index is 12.1. The average molecular weight is 318 g/mol. The van der Waals surface area contributed by atoms with Crippen LogP contribution in [0.15, 0.2) is 24.3 Å². The number of hydrogen-bond donors (Lipinski definition) is 0. The van der Waals surface area contributed by atoms with Crippen LogP contribution in [0.4, 0.5) is 5.69 Å². The van der Waals surface area contributed by atoms with E-state index in [0.29, 0.717) is 24.8 Å². The van der Waals surface area contributed by atoms with E-state index in [0.717, 1.165) is 32.6 Å². The lowest BCUT2D eigenvalue weighted by Gasteiger charge is -2.38. The first-order valence-electron chi connectivity index (χ1n) is 8.51. The molecule has 0 bridgehead atoms. The molecule has 0 radical (unpaired) electrons. The summed E-state index contributed by atoms with van der Waals surface area (Å²) < 4.78 is 10.7. The highest BCUT2D eigenvalue weighted by molar-refractivity contribution is 5.90. The standard InChI is InChI=1S/C18H26N2O3/c1-14(2)19-8-10-20(11-9-19)16-5-3-15(4-6-16)18(21)23-17-7-12-22-13-17/h3-6,14,17H,7-13H2,1-2H3/t17-/m0/s1. The molecule has 0 aliphatic carbocycles. The first kappa shape index (κ1) is 16.3. The Bertz CT molecular complexity index is 516. The van der Waals surface area contributed by atoms with Gasteiger partial charge in [0, 0.05) is 44.3 Å². The molecule has 126 valence electrons. The van der Waals surface area contributed by atoms with E-state index in [9.17, 15) is 4.79 Å². The second-order valence-corrected chi connectivity index (χ2v) is 6.55. The van der Waals surface area contributed by atoms with Gasteiger partial charge in [0.2, 0.25) is 0 Å². The third kappa shape index (κ3) is 4.03. The molecule has 3 rings (SSSR count). The van der Waals surface area contributed by atoms with Gasteiger partial charge in [-0.3, -0.25) is 4.90 Å². The smallest absolute Gasteiger partial charge is 0.338 e. The number of nitrogens with zero attached hydrogens (tertiary/aromatic N) is 2. The average Bonchev–Trinajstić information content (AvgIpc) is 3.08. The number of ether oxygens (including phenoxy) is 2. The van der Waals surface area contributed by atoms with Crippen LogP contribution in [0.2, 0.25) is 0 Å². The number of rotatable bonds is 4. The Labute approximate surface area is 138 Å². The van der Waals surface area contributed by atoms with Crippen LogP contribution >= 0.6 is 0 Å². The van der Waals surface area contributed by atoms with E-state index in [1.807, 2.05) is 24.3 Å². The molecule has 0 saturated carbocycles. The fourth-order valence-corrected chi connectivity index (χ4v) is 3.13. The summed E-state index contributed by atoms with van der Waals surface area (Å²) in [6.07, 6.45) is 0.704. The number of anilines is 1. The summed E-state index contributed by atoms with van der Waals surface area (Å²) in [7, 11) is 0. The zero-order valence-electron chi connectivity index (χ0n) is 14.0. The minimum atomic E-state index is -0.253. The van der Waals surface area contributed by atoms with Crippen molar-refractivity contribution in [2.45, 2.75) is 32.4 Å². The lowest BCUT2D eigenvalue weighted by molar-refractivity contribution is 0.0270. The summed E-state index contributed by atoms with van der Waals surface area (Å²) in [6.45, 7) is 9.91. The predicted molar refractivity (Wildman–Crippen MR) is 90.0 cm³/mol. The van der Waals surface area contributed by atoms with Crippen molar-refractivity contribution in [1.82, 2.24) is 4.90 Å². The second-order valence-electron chi connectivity index (χ2n) is 6.55. The van der Waals surface area contributed by atoms with Crippen LogP contribution in [0.5, 0.6) is 0 Å². The van der Waals surface area contributed by atoms with Crippen molar-refractivity contribution in [2.75, 3.05) is 44.3 Å². The molecule has 0 N–H and O–H groups in total. The lowest BCUT2D eigenvalue weighted by Crippen LogP contribution is -2.48. The fraction of sp³-hybridized carbons (Fsp3) is 0.611. The third-order valence-corrected chi connectivity index (χ3v) is 4.67. The van der Waals surface area contributed by atoms with Crippen molar-refractivity contribution < 1.29 is 14.3 Å². The van der Waals surface area contributed by atoms with Gasteiger partial charge >= 0.3 is 5.97 Å². The Morgan fingerprint density at radius 3 is 2.43 bits per heavy atom. The highest BCUT2D eigenvalue weighted by atomic mass is 16.6.